The highest BCUT2D eigenvalue weighted by Gasteiger charge is 2.17. The van der Waals surface area contributed by atoms with Crippen LogP contribution < -0.4 is 5.32 Å². The lowest BCUT2D eigenvalue weighted by molar-refractivity contribution is 0.0527. The summed E-state index contributed by atoms with van der Waals surface area (Å²) in [5, 5.41) is 4.55. The van der Waals surface area contributed by atoms with Crippen LogP contribution in [0.1, 0.15) is 17.3 Å². The molecule has 1 aromatic heterocycles. The molecular formula is C13H12Cl2N2O2. The summed E-state index contributed by atoms with van der Waals surface area (Å²) in [6.45, 7) is 2.05. The Hall–Kier alpha value is -1.52. The molecule has 1 aromatic carbocycles. The zero-order chi connectivity index (χ0) is 14.0. The average molecular weight is 299 g/mol. The first-order valence-corrected chi connectivity index (χ1v) is 6.46. The Labute approximate surface area is 120 Å². The first-order valence-electron chi connectivity index (χ1n) is 5.71. The third-order valence-electron chi connectivity index (χ3n) is 2.63. The molecule has 0 radical (unpaired) electrons. The lowest BCUT2D eigenvalue weighted by Crippen LogP contribution is -2.09. The average Bonchev–Trinajstić information content (AvgIpc) is 2.37. The van der Waals surface area contributed by atoms with E-state index in [1.807, 2.05) is 0 Å². The Balaban J connectivity index is 2.72. The topological polar surface area (TPSA) is 51.2 Å². The smallest absolute Gasteiger partial charge is 0.341 e. The molecule has 0 fully saturated rings. The maximum atomic E-state index is 11.9. The van der Waals surface area contributed by atoms with E-state index in [4.69, 9.17) is 27.9 Å². The van der Waals surface area contributed by atoms with Crippen LogP contribution in [0.2, 0.25) is 10.0 Å². The molecule has 0 aliphatic heterocycles. The van der Waals surface area contributed by atoms with Crippen molar-refractivity contribution in [3.8, 4) is 0 Å². The molecule has 1 heterocycles. The van der Waals surface area contributed by atoms with Crippen LogP contribution in [-0.4, -0.2) is 24.6 Å². The molecule has 100 valence electrons. The number of halogens is 2. The highest BCUT2D eigenvalue weighted by molar-refractivity contribution is 6.39. The van der Waals surface area contributed by atoms with Gasteiger partial charge in [-0.05, 0) is 19.1 Å². The zero-order valence-corrected chi connectivity index (χ0v) is 12.0. The van der Waals surface area contributed by atoms with Gasteiger partial charge in [-0.15, -0.1) is 0 Å². The van der Waals surface area contributed by atoms with Crippen molar-refractivity contribution < 1.29 is 9.53 Å². The van der Waals surface area contributed by atoms with Crippen LogP contribution in [0.25, 0.3) is 10.9 Å². The van der Waals surface area contributed by atoms with Gasteiger partial charge in [0.15, 0.2) is 0 Å². The second kappa shape index (κ2) is 5.63. The van der Waals surface area contributed by atoms with E-state index in [-0.39, 0.29) is 0 Å². The Morgan fingerprint density at radius 3 is 2.79 bits per heavy atom. The maximum absolute atomic E-state index is 11.9. The summed E-state index contributed by atoms with van der Waals surface area (Å²) < 4.78 is 4.99. The van der Waals surface area contributed by atoms with Gasteiger partial charge in [-0.2, -0.15) is 0 Å². The molecule has 6 heteroatoms. The number of fused-ring (bicyclic) bond motifs is 1. The molecule has 0 bridgehead atoms. The molecule has 0 aliphatic carbocycles. The van der Waals surface area contributed by atoms with Crippen LogP contribution >= 0.6 is 23.2 Å². The van der Waals surface area contributed by atoms with Gasteiger partial charge in [0, 0.05) is 23.7 Å². The van der Waals surface area contributed by atoms with Gasteiger partial charge in [0.05, 0.1) is 22.8 Å². The minimum absolute atomic E-state index is 0.300. The number of benzene rings is 1. The Kier molecular flexibility index (Phi) is 4.12. The largest absolute Gasteiger partial charge is 0.462 e. The number of pyridine rings is 1. The number of nitrogens with zero attached hydrogens (tertiary/aromatic N) is 1. The molecule has 0 spiro atoms. The molecule has 0 aliphatic rings. The van der Waals surface area contributed by atoms with Crippen molar-refractivity contribution in [3.63, 3.8) is 0 Å². The second-order valence-electron chi connectivity index (χ2n) is 3.80. The number of esters is 1. The molecule has 19 heavy (non-hydrogen) atoms. The number of hydrogen-bond acceptors (Lipinski definition) is 4. The lowest BCUT2D eigenvalue weighted by Gasteiger charge is -2.12. The van der Waals surface area contributed by atoms with Crippen LogP contribution in [0.15, 0.2) is 18.3 Å². The van der Waals surface area contributed by atoms with E-state index in [0.717, 1.165) is 0 Å². The van der Waals surface area contributed by atoms with E-state index >= 15 is 0 Å². The number of anilines is 1. The number of carbonyl (C=O) groups excluding carboxylic acids is 1. The number of ether oxygens (including phenoxy) is 1. The van der Waals surface area contributed by atoms with Crippen LogP contribution in [0.4, 0.5) is 5.69 Å². The predicted molar refractivity (Wildman–Crippen MR) is 77.3 cm³/mol. The minimum atomic E-state index is -0.438. The number of nitrogens with one attached hydrogen (secondary N) is 1. The van der Waals surface area contributed by atoms with E-state index in [1.54, 1.807) is 26.1 Å². The minimum Gasteiger partial charge on any atom is -0.462 e. The molecule has 2 aromatic rings. The molecule has 1 N–H and O–H groups in total. The van der Waals surface area contributed by atoms with Gasteiger partial charge in [0.25, 0.3) is 0 Å². The highest BCUT2D eigenvalue weighted by Crippen LogP contribution is 2.34. The van der Waals surface area contributed by atoms with Crippen molar-refractivity contribution in [3.05, 3.63) is 33.9 Å². The van der Waals surface area contributed by atoms with Crippen molar-refractivity contribution in [2.24, 2.45) is 0 Å². The standard InChI is InChI=1S/C13H12Cl2N2O2/c1-3-19-13(18)8-6-17-10-5-7(14)4-9(15)11(10)12(8)16-2/h4-6H,3H2,1-2H3,(H,16,17). The number of hydrogen-bond donors (Lipinski definition) is 1. The molecule has 0 atom stereocenters. The van der Waals surface area contributed by atoms with Crippen LogP contribution in [0.5, 0.6) is 0 Å². The number of aromatic nitrogens is 1. The van der Waals surface area contributed by atoms with Crippen molar-refractivity contribution in [2.75, 3.05) is 19.0 Å². The number of rotatable bonds is 3. The zero-order valence-electron chi connectivity index (χ0n) is 10.5. The summed E-state index contributed by atoms with van der Waals surface area (Å²) in [7, 11) is 1.71. The second-order valence-corrected chi connectivity index (χ2v) is 4.64. The maximum Gasteiger partial charge on any atom is 0.341 e. The number of carbonyl (C=O) groups is 1. The Bertz CT molecular complexity index is 644. The normalized spacial score (nSPS) is 10.5. The van der Waals surface area contributed by atoms with Crippen molar-refractivity contribution >= 4 is 45.8 Å². The summed E-state index contributed by atoms with van der Waals surface area (Å²) in [6.07, 6.45) is 1.46. The molecular weight excluding hydrogens is 287 g/mol. The fraction of sp³-hybridized carbons (Fsp3) is 0.231. The van der Waals surface area contributed by atoms with Gasteiger partial charge in [0.2, 0.25) is 0 Å². The van der Waals surface area contributed by atoms with Crippen molar-refractivity contribution in [2.45, 2.75) is 6.92 Å². The highest BCUT2D eigenvalue weighted by atomic mass is 35.5. The van der Waals surface area contributed by atoms with Crippen molar-refractivity contribution in [1.29, 1.82) is 0 Å². The molecule has 0 saturated heterocycles. The molecule has 4 nitrogen and oxygen atoms in total. The van der Waals surface area contributed by atoms with Crippen LogP contribution in [0, 0.1) is 0 Å². The Morgan fingerprint density at radius 1 is 1.42 bits per heavy atom. The van der Waals surface area contributed by atoms with Gasteiger partial charge in [-0.3, -0.25) is 4.98 Å². The van der Waals surface area contributed by atoms with E-state index in [0.29, 0.717) is 38.8 Å². The summed E-state index contributed by atoms with van der Waals surface area (Å²) in [5.41, 5.74) is 1.56. The summed E-state index contributed by atoms with van der Waals surface area (Å²) in [5.74, 6) is -0.438. The van der Waals surface area contributed by atoms with Gasteiger partial charge in [-0.1, -0.05) is 23.2 Å². The van der Waals surface area contributed by atoms with Gasteiger partial charge >= 0.3 is 5.97 Å². The fourth-order valence-electron chi connectivity index (χ4n) is 1.87. The lowest BCUT2D eigenvalue weighted by atomic mass is 10.1. The summed E-state index contributed by atoms with van der Waals surface area (Å²) in [4.78, 5) is 16.1. The predicted octanol–water partition coefficient (Wildman–Crippen LogP) is 3.76. The summed E-state index contributed by atoms with van der Waals surface area (Å²) >= 11 is 12.1. The van der Waals surface area contributed by atoms with E-state index in [2.05, 4.69) is 10.3 Å². The first kappa shape index (κ1) is 13.9. The third kappa shape index (κ3) is 2.60. The van der Waals surface area contributed by atoms with Gasteiger partial charge in [0.1, 0.15) is 5.56 Å². The molecule has 0 unspecified atom stereocenters. The Morgan fingerprint density at radius 2 is 2.16 bits per heavy atom. The van der Waals surface area contributed by atoms with Crippen molar-refractivity contribution in [1.82, 2.24) is 4.98 Å². The quantitative estimate of drug-likeness (QED) is 0.877. The van der Waals surface area contributed by atoms with Gasteiger partial charge in [-0.25, -0.2) is 4.79 Å². The molecule has 2 rings (SSSR count). The first-order chi connectivity index (χ1) is 9.08. The fourth-order valence-corrected chi connectivity index (χ4v) is 2.44. The van der Waals surface area contributed by atoms with E-state index < -0.39 is 5.97 Å². The third-order valence-corrected chi connectivity index (χ3v) is 3.15. The van der Waals surface area contributed by atoms with Crippen LogP contribution in [-0.2, 0) is 4.74 Å². The summed E-state index contributed by atoms with van der Waals surface area (Å²) in [6, 6.07) is 3.31. The molecule has 0 amide bonds. The van der Waals surface area contributed by atoms with Crippen LogP contribution in [0.3, 0.4) is 0 Å². The van der Waals surface area contributed by atoms with E-state index in [1.165, 1.54) is 6.20 Å². The monoisotopic (exact) mass is 298 g/mol. The van der Waals surface area contributed by atoms with Gasteiger partial charge < -0.3 is 10.1 Å². The van der Waals surface area contributed by atoms with E-state index in [9.17, 15) is 4.79 Å². The molecule has 0 saturated carbocycles. The SMILES string of the molecule is CCOC(=O)c1cnc2cc(Cl)cc(Cl)c2c1NC.